The van der Waals surface area contributed by atoms with Gasteiger partial charge in [0.2, 0.25) is 0 Å². The van der Waals surface area contributed by atoms with Crippen molar-refractivity contribution in [2.24, 2.45) is 0 Å². The molecule has 0 bridgehead atoms. The Hall–Kier alpha value is -0.380. The van der Waals surface area contributed by atoms with Crippen LogP contribution in [0.25, 0.3) is 0 Å². The lowest BCUT2D eigenvalue weighted by molar-refractivity contribution is 0.103. The average Bonchev–Trinajstić information content (AvgIpc) is 2.33. The molecule has 12 heavy (non-hydrogen) atoms. The van der Waals surface area contributed by atoms with Gasteiger partial charge in [0.25, 0.3) is 0 Å². The molecule has 1 aliphatic rings. The van der Waals surface area contributed by atoms with Gasteiger partial charge in [-0.25, -0.2) is 0 Å². The highest BCUT2D eigenvalue weighted by atomic mass is 16.5. The van der Waals surface area contributed by atoms with E-state index in [4.69, 9.17) is 9.47 Å². The van der Waals surface area contributed by atoms with E-state index in [0.717, 1.165) is 33.0 Å². The lowest BCUT2D eigenvalue weighted by Gasteiger charge is -2.13. The molecule has 1 aliphatic heterocycles. The molecular formula is C9H17NO2. The van der Waals surface area contributed by atoms with Crippen molar-refractivity contribution in [1.82, 2.24) is 5.32 Å². The average molecular weight is 171 g/mol. The van der Waals surface area contributed by atoms with Gasteiger partial charge in [-0.1, -0.05) is 12.2 Å². The first-order valence-corrected chi connectivity index (χ1v) is 4.43. The van der Waals surface area contributed by atoms with Crippen molar-refractivity contribution in [1.29, 1.82) is 0 Å². The molecule has 1 N–H and O–H groups in total. The van der Waals surface area contributed by atoms with Gasteiger partial charge in [-0.2, -0.15) is 0 Å². The standard InChI is InChI=1S/C9H17NO2/c1-2-3-4-10-9-7-11-5-6-12-8-9/h2-3,9-10H,4-8H2,1H3/b3-2+. The van der Waals surface area contributed by atoms with Crippen molar-refractivity contribution in [3.8, 4) is 0 Å². The summed E-state index contributed by atoms with van der Waals surface area (Å²) in [7, 11) is 0. The maximum atomic E-state index is 5.33. The number of allylic oxidation sites excluding steroid dienone is 1. The predicted octanol–water partition coefficient (Wildman–Crippen LogP) is 0.567. The Morgan fingerprint density at radius 3 is 2.58 bits per heavy atom. The highest BCUT2D eigenvalue weighted by Crippen LogP contribution is 1.94. The van der Waals surface area contributed by atoms with Crippen molar-refractivity contribution in [3.63, 3.8) is 0 Å². The molecule has 0 saturated carbocycles. The molecule has 0 aromatic carbocycles. The molecule has 1 fully saturated rings. The highest BCUT2D eigenvalue weighted by molar-refractivity contribution is 4.81. The monoisotopic (exact) mass is 171 g/mol. The zero-order valence-corrected chi connectivity index (χ0v) is 7.58. The third-order valence-corrected chi connectivity index (χ3v) is 1.77. The van der Waals surface area contributed by atoms with Crippen LogP contribution in [-0.2, 0) is 9.47 Å². The fourth-order valence-electron chi connectivity index (χ4n) is 1.09. The van der Waals surface area contributed by atoms with E-state index in [0.29, 0.717) is 6.04 Å². The summed E-state index contributed by atoms with van der Waals surface area (Å²) >= 11 is 0. The van der Waals surface area contributed by atoms with Gasteiger partial charge < -0.3 is 14.8 Å². The summed E-state index contributed by atoms with van der Waals surface area (Å²) in [4.78, 5) is 0. The Morgan fingerprint density at radius 2 is 2.00 bits per heavy atom. The number of hydrogen-bond acceptors (Lipinski definition) is 3. The molecule has 3 nitrogen and oxygen atoms in total. The van der Waals surface area contributed by atoms with Crippen LogP contribution in [0.3, 0.4) is 0 Å². The van der Waals surface area contributed by atoms with Crippen molar-refractivity contribution in [2.45, 2.75) is 13.0 Å². The molecule has 0 aromatic heterocycles. The van der Waals surface area contributed by atoms with E-state index in [9.17, 15) is 0 Å². The molecule has 70 valence electrons. The van der Waals surface area contributed by atoms with Gasteiger partial charge >= 0.3 is 0 Å². The van der Waals surface area contributed by atoms with Crippen molar-refractivity contribution < 1.29 is 9.47 Å². The van der Waals surface area contributed by atoms with E-state index in [2.05, 4.69) is 11.4 Å². The van der Waals surface area contributed by atoms with Gasteiger partial charge in [0.15, 0.2) is 0 Å². The number of rotatable bonds is 3. The van der Waals surface area contributed by atoms with Crippen molar-refractivity contribution in [3.05, 3.63) is 12.2 Å². The Kier molecular flexibility index (Phi) is 4.99. The minimum Gasteiger partial charge on any atom is -0.377 e. The molecule has 0 radical (unpaired) electrons. The first-order chi connectivity index (χ1) is 5.93. The van der Waals surface area contributed by atoms with Crippen LogP contribution in [0, 0.1) is 0 Å². The molecule has 0 aliphatic carbocycles. The number of nitrogens with one attached hydrogen (secondary N) is 1. The number of hydrogen-bond donors (Lipinski definition) is 1. The van der Waals surface area contributed by atoms with Crippen molar-refractivity contribution >= 4 is 0 Å². The van der Waals surface area contributed by atoms with Crippen LogP contribution in [0.1, 0.15) is 6.92 Å². The first-order valence-electron chi connectivity index (χ1n) is 4.43. The van der Waals surface area contributed by atoms with Crippen molar-refractivity contribution in [2.75, 3.05) is 33.0 Å². The summed E-state index contributed by atoms with van der Waals surface area (Å²) in [5, 5.41) is 3.33. The van der Waals surface area contributed by atoms with Crippen LogP contribution in [0.15, 0.2) is 12.2 Å². The van der Waals surface area contributed by atoms with Crippen LogP contribution >= 0.6 is 0 Å². The van der Waals surface area contributed by atoms with Gasteiger partial charge in [-0.15, -0.1) is 0 Å². The zero-order chi connectivity index (χ0) is 8.65. The van der Waals surface area contributed by atoms with Gasteiger partial charge in [0.05, 0.1) is 32.5 Å². The molecule has 0 amide bonds. The quantitative estimate of drug-likeness (QED) is 0.630. The molecule has 0 atom stereocenters. The smallest absolute Gasteiger partial charge is 0.0701 e. The fourth-order valence-corrected chi connectivity index (χ4v) is 1.09. The maximum Gasteiger partial charge on any atom is 0.0701 e. The van der Waals surface area contributed by atoms with Gasteiger partial charge in [-0.05, 0) is 6.92 Å². The topological polar surface area (TPSA) is 30.5 Å². The van der Waals surface area contributed by atoms with Crippen LogP contribution in [0.4, 0.5) is 0 Å². The Bertz CT molecular complexity index is 128. The SMILES string of the molecule is C/C=C/CNC1COCCOC1. The molecule has 3 heteroatoms. The Labute approximate surface area is 73.7 Å². The van der Waals surface area contributed by atoms with E-state index >= 15 is 0 Å². The number of ether oxygens (including phenoxy) is 2. The lowest BCUT2D eigenvalue weighted by Crippen LogP contribution is -2.36. The molecule has 0 unspecified atom stereocenters. The van der Waals surface area contributed by atoms with Gasteiger partial charge in [0, 0.05) is 6.54 Å². The molecule has 0 spiro atoms. The largest absolute Gasteiger partial charge is 0.377 e. The van der Waals surface area contributed by atoms with Gasteiger partial charge in [0.1, 0.15) is 0 Å². The lowest BCUT2D eigenvalue weighted by atomic mass is 10.3. The fraction of sp³-hybridized carbons (Fsp3) is 0.778. The summed E-state index contributed by atoms with van der Waals surface area (Å²) in [5.41, 5.74) is 0. The maximum absolute atomic E-state index is 5.33. The summed E-state index contributed by atoms with van der Waals surface area (Å²) in [6.07, 6.45) is 4.12. The molecule has 0 aromatic rings. The summed E-state index contributed by atoms with van der Waals surface area (Å²) in [5.74, 6) is 0. The van der Waals surface area contributed by atoms with E-state index in [1.807, 2.05) is 13.0 Å². The third-order valence-electron chi connectivity index (χ3n) is 1.77. The normalized spacial score (nSPS) is 21.4. The van der Waals surface area contributed by atoms with Crippen LogP contribution in [0.5, 0.6) is 0 Å². The second-order valence-corrected chi connectivity index (χ2v) is 2.82. The summed E-state index contributed by atoms with van der Waals surface area (Å²) < 4.78 is 10.7. The van der Waals surface area contributed by atoms with E-state index in [-0.39, 0.29) is 0 Å². The zero-order valence-electron chi connectivity index (χ0n) is 7.58. The summed E-state index contributed by atoms with van der Waals surface area (Å²) in [6.45, 7) is 5.88. The third kappa shape index (κ3) is 3.85. The minimum atomic E-state index is 0.351. The van der Waals surface area contributed by atoms with Gasteiger partial charge in [-0.3, -0.25) is 0 Å². The Morgan fingerprint density at radius 1 is 1.33 bits per heavy atom. The predicted molar refractivity (Wildman–Crippen MR) is 48.2 cm³/mol. The molecular weight excluding hydrogens is 154 g/mol. The highest BCUT2D eigenvalue weighted by Gasteiger charge is 2.10. The van der Waals surface area contributed by atoms with E-state index in [1.54, 1.807) is 0 Å². The second kappa shape index (κ2) is 6.17. The molecule has 1 heterocycles. The summed E-state index contributed by atoms with van der Waals surface area (Å²) in [6, 6.07) is 0.351. The minimum absolute atomic E-state index is 0.351. The van der Waals surface area contributed by atoms with E-state index in [1.165, 1.54) is 0 Å². The first kappa shape index (κ1) is 9.71. The van der Waals surface area contributed by atoms with Crippen LogP contribution < -0.4 is 5.32 Å². The second-order valence-electron chi connectivity index (χ2n) is 2.82. The van der Waals surface area contributed by atoms with Crippen LogP contribution in [-0.4, -0.2) is 39.0 Å². The van der Waals surface area contributed by atoms with E-state index < -0.39 is 0 Å². The molecule has 1 saturated heterocycles. The molecule has 1 rings (SSSR count). The van der Waals surface area contributed by atoms with Crippen LogP contribution in [0.2, 0.25) is 0 Å². The Balaban J connectivity index is 2.11.